The van der Waals surface area contributed by atoms with Crippen LogP contribution in [0.5, 0.6) is 5.75 Å². The van der Waals surface area contributed by atoms with E-state index >= 15 is 0 Å². The van der Waals surface area contributed by atoms with Gasteiger partial charge < -0.3 is 10.0 Å². The fourth-order valence-electron chi connectivity index (χ4n) is 3.84. The molecule has 28 heavy (non-hydrogen) atoms. The lowest BCUT2D eigenvalue weighted by atomic mass is 10.0. The lowest BCUT2D eigenvalue weighted by Gasteiger charge is -2.24. The van der Waals surface area contributed by atoms with Gasteiger partial charge in [-0.15, -0.1) is 11.8 Å². The molecule has 3 nitrogen and oxygen atoms in total. The minimum atomic E-state index is 0.266. The van der Waals surface area contributed by atoms with E-state index in [1.54, 1.807) is 6.07 Å². The number of aromatic nitrogens is 1. The first-order valence-corrected chi connectivity index (χ1v) is 10.9. The van der Waals surface area contributed by atoms with Crippen molar-refractivity contribution in [1.29, 1.82) is 0 Å². The van der Waals surface area contributed by atoms with Gasteiger partial charge in [-0.2, -0.15) is 0 Å². The van der Waals surface area contributed by atoms with E-state index in [9.17, 15) is 5.11 Å². The SMILES string of the molecule is CCSc1ccc(-c2cc(-c3ccccc3O)nc(N3CCCC3C)c2)cc1. The van der Waals surface area contributed by atoms with Gasteiger partial charge in [-0.1, -0.05) is 31.2 Å². The summed E-state index contributed by atoms with van der Waals surface area (Å²) in [5.41, 5.74) is 3.90. The van der Waals surface area contributed by atoms with E-state index < -0.39 is 0 Å². The monoisotopic (exact) mass is 390 g/mol. The zero-order valence-electron chi connectivity index (χ0n) is 16.4. The number of para-hydroxylation sites is 1. The summed E-state index contributed by atoms with van der Waals surface area (Å²) in [7, 11) is 0. The molecule has 1 N–H and O–H groups in total. The summed E-state index contributed by atoms with van der Waals surface area (Å²) >= 11 is 1.85. The highest BCUT2D eigenvalue weighted by atomic mass is 32.2. The van der Waals surface area contributed by atoms with Crippen LogP contribution in [-0.4, -0.2) is 28.4 Å². The molecular formula is C24H26N2OS. The van der Waals surface area contributed by atoms with Crippen LogP contribution >= 0.6 is 11.8 Å². The van der Waals surface area contributed by atoms with E-state index in [0.717, 1.165) is 34.9 Å². The summed E-state index contributed by atoms with van der Waals surface area (Å²) in [4.78, 5) is 8.60. The Kier molecular flexibility index (Phi) is 5.58. The molecule has 2 heterocycles. The fraction of sp³-hybridized carbons (Fsp3) is 0.292. The van der Waals surface area contributed by atoms with Gasteiger partial charge in [0.1, 0.15) is 11.6 Å². The molecule has 1 unspecified atom stereocenters. The molecule has 2 aromatic carbocycles. The summed E-state index contributed by atoms with van der Waals surface area (Å²) in [5, 5.41) is 10.4. The van der Waals surface area contributed by atoms with Gasteiger partial charge in [0.15, 0.2) is 0 Å². The first-order valence-electron chi connectivity index (χ1n) is 9.96. The number of aromatic hydroxyl groups is 1. The zero-order valence-corrected chi connectivity index (χ0v) is 17.2. The Morgan fingerprint density at radius 1 is 1.07 bits per heavy atom. The second-order valence-electron chi connectivity index (χ2n) is 7.26. The van der Waals surface area contributed by atoms with Crippen molar-refractivity contribution in [2.24, 2.45) is 0 Å². The number of rotatable bonds is 5. The maximum Gasteiger partial charge on any atom is 0.130 e. The molecule has 0 radical (unpaired) electrons. The molecule has 0 saturated carbocycles. The summed E-state index contributed by atoms with van der Waals surface area (Å²) in [6, 6.07) is 20.9. The predicted octanol–water partition coefficient (Wildman–Crippen LogP) is 6.22. The van der Waals surface area contributed by atoms with Crippen molar-refractivity contribution < 1.29 is 5.11 Å². The highest BCUT2D eigenvalue weighted by Crippen LogP contribution is 2.35. The molecule has 0 bridgehead atoms. The molecular weight excluding hydrogens is 364 g/mol. The molecule has 1 saturated heterocycles. The van der Waals surface area contributed by atoms with Crippen molar-refractivity contribution in [3.05, 3.63) is 60.7 Å². The van der Waals surface area contributed by atoms with Crippen molar-refractivity contribution in [3.63, 3.8) is 0 Å². The normalized spacial score (nSPS) is 16.5. The minimum Gasteiger partial charge on any atom is -0.507 e. The molecule has 1 atom stereocenters. The number of phenolic OH excluding ortho intramolecular Hbond substituents is 1. The summed E-state index contributed by atoms with van der Waals surface area (Å²) in [6.07, 6.45) is 2.39. The second kappa shape index (κ2) is 8.27. The standard InChI is InChI=1S/C24H26N2OS/c1-3-28-20-12-10-18(11-13-20)19-15-22(21-8-4-5-9-23(21)27)25-24(16-19)26-14-6-7-17(26)2/h4-5,8-13,15-17,27H,3,6-7,14H2,1-2H3. The van der Waals surface area contributed by atoms with E-state index in [4.69, 9.17) is 4.98 Å². The number of hydrogen-bond donors (Lipinski definition) is 1. The second-order valence-corrected chi connectivity index (χ2v) is 8.60. The quantitative estimate of drug-likeness (QED) is 0.525. The van der Waals surface area contributed by atoms with Gasteiger partial charge in [-0.3, -0.25) is 0 Å². The highest BCUT2D eigenvalue weighted by Gasteiger charge is 2.23. The first kappa shape index (κ1) is 18.9. The third kappa shape index (κ3) is 3.88. The van der Waals surface area contributed by atoms with Crippen molar-refractivity contribution >= 4 is 17.6 Å². The Hall–Kier alpha value is -2.46. The number of nitrogens with zero attached hydrogens (tertiary/aromatic N) is 2. The number of thioether (sulfide) groups is 1. The molecule has 4 heteroatoms. The molecule has 1 fully saturated rings. The van der Waals surface area contributed by atoms with Crippen LogP contribution in [0, 0.1) is 0 Å². The van der Waals surface area contributed by atoms with Crippen LogP contribution in [0.1, 0.15) is 26.7 Å². The van der Waals surface area contributed by atoms with E-state index in [-0.39, 0.29) is 5.75 Å². The Morgan fingerprint density at radius 3 is 2.54 bits per heavy atom. The Bertz CT molecular complexity index is 955. The van der Waals surface area contributed by atoms with Gasteiger partial charge in [-0.05, 0) is 73.0 Å². The van der Waals surface area contributed by atoms with Crippen LogP contribution in [0.15, 0.2) is 65.6 Å². The molecule has 4 rings (SSSR count). The van der Waals surface area contributed by atoms with Crippen LogP contribution in [0.2, 0.25) is 0 Å². The minimum absolute atomic E-state index is 0.266. The van der Waals surface area contributed by atoms with Gasteiger partial charge in [0.2, 0.25) is 0 Å². The summed E-state index contributed by atoms with van der Waals surface area (Å²) in [6.45, 7) is 5.46. The molecule has 1 aliphatic heterocycles. The molecule has 1 aliphatic rings. The van der Waals surface area contributed by atoms with Crippen LogP contribution in [0.4, 0.5) is 5.82 Å². The van der Waals surface area contributed by atoms with Crippen LogP contribution in [-0.2, 0) is 0 Å². The molecule has 0 aliphatic carbocycles. The van der Waals surface area contributed by atoms with Gasteiger partial charge >= 0.3 is 0 Å². The van der Waals surface area contributed by atoms with Crippen molar-refractivity contribution in [2.75, 3.05) is 17.2 Å². The van der Waals surface area contributed by atoms with Gasteiger partial charge in [0.05, 0.1) is 5.69 Å². The van der Waals surface area contributed by atoms with Gasteiger partial charge in [-0.25, -0.2) is 4.98 Å². The van der Waals surface area contributed by atoms with Crippen LogP contribution < -0.4 is 4.90 Å². The van der Waals surface area contributed by atoms with Crippen molar-refractivity contribution in [1.82, 2.24) is 4.98 Å². The number of hydrogen-bond acceptors (Lipinski definition) is 4. The third-order valence-corrected chi connectivity index (χ3v) is 6.23. The van der Waals surface area contributed by atoms with Crippen LogP contribution in [0.25, 0.3) is 22.4 Å². The van der Waals surface area contributed by atoms with Gasteiger partial charge in [0.25, 0.3) is 0 Å². The van der Waals surface area contributed by atoms with Crippen molar-refractivity contribution in [3.8, 4) is 28.1 Å². The Labute approximate surface area is 171 Å². The van der Waals surface area contributed by atoms with E-state index in [0.29, 0.717) is 6.04 Å². The lowest BCUT2D eigenvalue weighted by Crippen LogP contribution is -2.27. The fourth-order valence-corrected chi connectivity index (χ4v) is 4.50. The molecule has 0 amide bonds. The Morgan fingerprint density at radius 2 is 1.86 bits per heavy atom. The van der Waals surface area contributed by atoms with E-state index in [1.165, 1.54) is 23.3 Å². The average Bonchev–Trinajstić information content (AvgIpc) is 3.15. The molecule has 0 spiro atoms. The zero-order chi connectivity index (χ0) is 19.5. The Balaban J connectivity index is 1.81. The summed E-state index contributed by atoms with van der Waals surface area (Å²) < 4.78 is 0. The first-order chi connectivity index (χ1) is 13.7. The largest absolute Gasteiger partial charge is 0.507 e. The smallest absolute Gasteiger partial charge is 0.130 e. The maximum atomic E-state index is 10.4. The predicted molar refractivity (Wildman–Crippen MR) is 119 cm³/mol. The number of pyridine rings is 1. The summed E-state index contributed by atoms with van der Waals surface area (Å²) in [5.74, 6) is 2.33. The number of phenols is 1. The van der Waals surface area contributed by atoms with Crippen LogP contribution in [0.3, 0.4) is 0 Å². The van der Waals surface area contributed by atoms with Crippen molar-refractivity contribution in [2.45, 2.75) is 37.6 Å². The molecule has 1 aromatic heterocycles. The number of anilines is 1. The molecule has 3 aromatic rings. The van der Waals surface area contributed by atoms with E-state index in [2.05, 4.69) is 55.1 Å². The highest BCUT2D eigenvalue weighted by molar-refractivity contribution is 7.99. The lowest BCUT2D eigenvalue weighted by molar-refractivity contribution is 0.477. The van der Waals surface area contributed by atoms with E-state index in [1.807, 2.05) is 30.0 Å². The number of benzene rings is 2. The maximum absolute atomic E-state index is 10.4. The molecule has 144 valence electrons. The van der Waals surface area contributed by atoms with Gasteiger partial charge in [0, 0.05) is 23.0 Å². The topological polar surface area (TPSA) is 36.4 Å². The average molecular weight is 391 g/mol. The third-order valence-electron chi connectivity index (χ3n) is 5.34.